The standard InChI is InChI=1S/C21H23ClN2O5/c1-3-24(13-19(25)23-15-5-4-6-16(12-15)27-2)20(26)11-14-9-17(22)21-18(10-14)28-7-8-29-21/h4-6,9-10,12H,3,7-8,11,13H2,1-2H3,(H,23,25). The first-order valence-electron chi connectivity index (χ1n) is 9.30. The first-order chi connectivity index (χ1) is 14.0. The van der Waals surface area contributed by atoms with E-state index in [2.05, 4.69) is 5.32 Å². The average molecular weight is 419 g/mol. The van der Waals surface area contributed by atoms with Crippen LogP contribution in [0, 0.1) is 0 Å². The molecule has 0 spiro atoms. The summed E-state index contributed by atoms with van der Waals surface area (Å²) >= 11 is 6.24. The molecule has 2 aromatic carbocycles. The van der Waals surface area contributed by atoms with Gasteiger partial charge >= 0.3 is 0 Å². The summed E-state index contributed by atoms with van der Waals surface area (Å²) in [5.41, 5.74) is 1.31. The zero-order chi connectivity index (χ0) is 20.8. The third-order valence-corrected chi connectivity index (χ3v) is 4.72. The van der Waals surface area contributed by atoms with Crippen LogP contribution in [0.5, 0.6) is 17.2 Å². The number of carbonyl (C=O) groups is 2. The molecule has 0 fully saturated rings. The molecule has 7 nitrogen and oxygen atoms in total. The molecule has 0 unspecified atom stereocenters. The maximum absolute atomic E-state index is 12.7. The predicted octanol–water partition coefficient (Wildman–Crippen LogP) is 3.15. The summed E-state index contributed by atoms with van der Waals surface area (Å²) in [7, 11) is 1.56. The fourth-order valence-corrected chi connectivity index (χ4v) is 3.29. The second kappa shape index (κ2) is 9.52. The Morgan fingerprint density at radius 1 is 1.21 bits per heavy atom. The summed E-state index contributed by atoms with van der Waals surface area (Å²) in [6, 6.07) is 10.5. The third-order valence-electron chi connectivity index (χ3n) is 4.43. The molecule has 1 N–H and O–H groups in total. The zero-order valence-electron chi connectivity index (χ0n) is 16.4. The number of likely N-dealkylation sites (N-methyl/N-ethyl adjacent to an activating group) is 1. The average Bonchev–Trinajstić information content (AvgIpc) is 2.72. The van der Waals surface area contributed by atoms with Crippen LogP contribution in [0.25, 0.3) is 0 Å². The van der Waals surface area contributed by atoms with E-state index >= 15 is 0 Å². The van der Waals surface area contributed by atoms with Crippen LogP contribution in [0.2, 0.25) is 5.02 Å². The van der Waals surface area contributed by atoms with Gasteiger partial charge in [-0.25, -0.2) is 0 Å². The Morgan fingerprint density at radius 3 is 2.76 bits per heavy atom. The van der Waals surface area contributed by atoms with Gasteiger partial charge in [0.2, 0.25) is 11.8 Å². The highest BCUT2D eigenvalue weighted by molar-refractivity contribution is 6.32. The van der Waals surface area contributed by atoms with E-state index in [0.717, 1.165) is 0 Å². The van der Waals surface area contributed by atoms with E-state index in [1.54, 1.807) is 43.5 Å². The highest BCUT2D eigenvalue weighted by Gasteiger charge is 2.20. The van der Waals surface area contributed by atoms with Gasteiger partial charge in [-0.15, -0.1) is 0 Å². The number of hydrogen-bond acceptors (Lipinski definition) is 5. The molecule has 2 aromatic rings. The molecule has 0 atom stereocenters. The van der Waals surface area contributed by atoms with Crippen LogP contribution in [0.3, 0.4) is 0 Å². The van der Waals surface area contributed by atoms with E-state index in [9.17, 15) is 9.59 Å². The van der Waals surface area contributed by atoms with Crippen molar-refractivity contribution in [3.05, 3.63) is 47.0 Å². The Kier molecular flexibility index (Phi) is 6.82. The number of ether oxygens (including phenoxy) is 3. The molecule has 0 radical (unpaired) electrons. The topological polar surface area (TPSA) is 77.1 Å². The van der Waals surface area contributed by atoms with Crippen LogP contribution in [0.15, 0.2) is 36.4 Å². The van der Waals surface area contributed by atoms with E-state index in [1.165, 1.54) is 4.90 Å². The Morgan fingerprint density at radius 2 is 2.00 bits per heavy atom. The molecular formula is C21H23ClN2O5. The normalized spacial score (nSPS) is 12.2. The predicted molar refractivity (Wildman–Crippen MR) is 110 cm³/mol. The second-order valence-electron chi connectivity index (χ2n) is 6.47. The van der Waals surface area contributed by atoms with Gasteiger partial charge in [-0.3, -0.25) is 9.59 Å². The number of hydrogen-bond donors (Lipinski definition) is 1. The summed E-state index contributed by atoms with van der Waals surface area (Å²) in [5.74, 6) is 1.21. The second-order valence-corrected chi connectivity index (χ2v) is 6.87. The Bertz CT molecular complexity index is 903. The van der Waals surface area contributed by atoms with Crippen molar-refractivity contribution in [2.24, 2.45) is 0 Å². The Labute approximate surface area is 174 Å². The lowest BCUT2D eigenvalue weighted by Gasteiger charge is -2.22. The number of nitrogens with one attached hydrogen (secondary N) is 1. The highest BCUT2D eigenvalue weighted by atomic mass is 35.5. The summed E-state index contributed by atoms with van der Waals surface area (Å²) < 4.78 is 16.2. The van der Waals surface area contributed by atoms with Crippen LogP contribution in [0.1, 0.15) is 12.5 Å². The molecular weight excluding hydrogens is 396 g/mol. The number of nitrogens with zero attached hydrogens (tertiary/aromatic N) is 1. The van der Waals surface area contributed by atoms with Crippen LogP contribution in [-0.2, 0) is 16.0 Å². The van der Waals surface area contributed by atoms with Gasteiger partial charge in [-0.1, -0.05) is 17.7 Å². The molecule has 8 heteroatoms. The minimum Gasteiger partial charge on any atom is -0.497 e. The first-order valence-corrected chi connectivity index (χ1v) is 9.67. The first kappa shape index (κ1) is 20.8. The fourth-order valence-electron chi connectivity index (χ4n) is 3.00. The minimum atomic E-state index is -0.284. The van der Waals surface area contributed by atoms with E-state index in [1.807, 2.05) is 6.92 Å². The van der Waals surface area contributed by atoms with Gasteiger partial charge < -0.3 is 24.4 Å². The lowest BCUT2D eigenvalue weighted by Crippen LogP contribution is -2.38. The summed E-state index contributed by atoms with van der Waals surface area (Å²) in [5, 5.41) is 3.19. The number of halogens is 1. The molecule has 0 bridgehead atoms. The number of carbonyl (C=O) groups excluding carboxylic acids is 2. The van der Waals surface area contributed by atoms with E-state index in [0.29, 0.717) is 53.3 Å². The lowest BCUT2D eigenvalue weighted by molar-refractivity contribution is -0.133. The molecule has 0 aliphatic carbocycles. The van der Waals surface area contributed by atoms with Crippen LogP contribution < -0.4 is 19.5 Å². The molecule has 154 valence electrons. The summed E-state index contributed by atoms with van der Waals surface area (Å²) in [6.07, 6.45) is 0.108. The van der Waals surface area contributed by atoms with Crippen molar-refractivity contribution < 1.29 is 23.8 Å². The monoisotopic (exact) mass is 418 g/mol. The zero-order valence-corrected chi connectivity index (χ0v) is 17.1. The van der Waals surface area contributed by atoms with E-state index in [4.69, 9.17) is 25.8 Å². The number of methoxy groups -OCH3 is 1. The van der Waals surface area contributed by atoms with Crippen molar-refractivity contribution in [3.8, 4) is 17.2 Å². The third kappa shape index (κ3) is 5.32. The molecule has 3 rings (SSSR count). The number of benzene rings is 2. The van der Waals surface area contributed by atoms with Gasteiger partial charge in [0, 0.05) is 18.3 Å². The van der Waals surface area contributed by atoms with Crippen molar-refractivity contribution in [2.75, 3.05) is 38.7 Å². The van der Waals surface area contributed by atoms with Crippen molar-refractivity contribution in [2.45, 2.75) is 13.3 Å². The molecule has 1 aliphatic rings. The molecule has 29 heavy (non-hydrogen) atoms. The molecule has 1 heterocycles. The summed E-state index contributed by atoms with van der Waals surface area (Å²) in [4.78, 5) is 26.6. The SMILES string of the molecule is CCN(CC(=O)Nc1cccc(OC)c1)C(=O)Cc1cc(Cl)c2c(c1)OCCO2. The Balaban J connectivity index is 1.63. The van der Waals surface area contributed by atoms with Gasteiger partial charge in [-0.05, 0) is 36.8 Å². The quantitative estimate of drug-likeness (QED) is 0.747. The molecule has 0 saturated carbocycles. The number of rotatable bonds is 7. The number of amides is 2. The molecule has 2 amide bonds. The van der Waals surface area contributed by atoms with E-state index in [-0.39, 0.29) is 24.8 Å². The van der Waals surface area contributed by atoms with Gasteiger partial charge in [0.05, 0.1) is 25.1 Å². The lowest BCUT2D eigenvalue weighted by atomic mass is 10.1. The van der Waals surface area contributed by atoms with Crippen LogP contribution in [0.4, 0.5) is 5.69 Å². The van der Waals surface area contributed by atoms with Crippen molar-refractivity contribution >= 4 is 29.1 Å². The number of fused-ring (bicyclic) bond motifs is 1. The molecule has 1 aliphatic heterocycles. The highest BCUT2D eigenvalue weighted by Crippen LogP contribution is 2.38. The van der Waals surface area contributed by atoms with Gasteiger partial charge in [0.1, 0.15) is 19.0 Å². The van der Waals surface area contributed by atoms with E-state index < -0.39 is 0 Å². The van der Waals surface area contributed by atoms with Gasteiger partial charge in [0.15, 0.2) is 11.5 Å². The number of anilines is 1. The van der Waals surface area contributed by atoms with Crippen molar-refractivity contribution in [3.63, 3.8) is 0 Å². The van der Waals surface area contributed by atoms with Crippen molar-refractivity contribution in [1.82, 2.24) is 4.90 Å². The molecule has 0 aromatic heterocycles. The van der Waals surface area contributed by atoms with Crippen LogP contribution in [-0.4, -0.2) is 50.1 Å². The van der Waals surface area contributed by atoms with Gasteiger partial charge in [-0.2, -0.15) is 0 Å². The van der Waals surface area contributed by atoms with Gasteiger partial charge in [0.25, 0.3) is 0 Å². The molecule has 0 saturated heterocycles. The van der Waals surface area contributed by atoms with Crippen molar-refractivity contribution in [1.29, 1.82) is 0 Å². The Hall–Kier alpha value is -2.93. The maximum Gasteiger partial charge on any atom is 0.243 e. The largest absolute Gasteiger partial charge is 0.497 e. The smallest absolute Gasteiger partial charge is 0.243 e. The van der Waals surface area contributed by atoms with Crippen LogP contribution >= 0.6 is 11.6 Å². The minimum absolute atomic E-state index is 0.0508. The summed E-state index contributed by atoms with van der Waals surface area (Å²) in [6.45, 7) is 3.06. The fraction of sp³-hybridized carbons (Fsp3) is 0.333. The maximum atomic E-state index is 12.7.